The molecule has 5 rings (SSSR count). The third-order valence-corrected chi connectivity index (χ3v) is 7.75. The van der Waals surface area contributed by atoms with Crippen molar-refractivity contribution in [2.45, 2.75) is 0 Å². The Hall–Kier alpha value is -3.44. The van der Waals surface area contributed by atoms with Gasteiger partial charge in [0.15, 0.2) is 0 Å². The Morgan fingerprint density at radius 1 is 1.03 bits per heavy atom. The Balaban J connectivity index is 1.42. The van der Waals surface area contributed by atoms with Crippen LogP contribution in [0.3, 0.4) is 0 Å². The van der Waals surface area contributed by atoms with Crippen LogP contribution in [0.1, 0.15) is 0 Å². The Labute approximate surface area is 226 Å². The van der Waals surface area contributed by atoms with Crippen LogP contribution in [-0.4, -0.2) is 69.0 Å². The van der Waals surface area contributed by atoms with Crippen LogP contribution in [-0.2, 0) is 14.8 Å². The van der Waals surface area contributed by atoms with Gasteiger partial charge in [0.1, 0.15) is 5.69 Å². The van der Waals surface area contributed by atoms with Crippen molar-refractivity contribution in [3.63, 3.8) is 0 Å². The molecule has 0 aliphatic carbocycles. The monoisotopic (exact) mass is 553 g/mol. The van der Waals surface area contributed by atoms with E-state index in [9.17, 15) is 8.42 Å². The minimum absolute atomic E-state index is 0.0411. The second-order valence-electron chi connectivity index (χ2n) is 8.88. The van der Waals surface area contributed by atoms with Gasteiger partial charge in [-0.15, -0.1) is 0 Å². The third-order valence-electron chi connectivity index (χ3n) is 6.27. The number of anilines is 3. The van der Waals surface area contributed by atoms with E-state index >= 15 is 0 Å². The quantitative estimate of drug-likeness (QED) is 0.305. The fourth-order valence-electron chi connectivity index (χ4n) is 4.30. The van der Waals surface area contributed by atoms with Crippen LogP contribution in [0.2, 0.25) is 5.02 Å². The topological polar surface area (TPSA) is 106 Å². The highest BCUT2D eigenvalue weighted by atomic mass is 35.5. The minimum atomic E-state index is -3.63. The smallest absolute Gasteiger partial charge is 0.238 e. The molecule has 0 amide bonds. The van der Waals surface area contributed by atoms with Gasteiger partial charge in [-0.3, -0.25) is 14.6 Å². The van der Waals surface area contributed by atoms with E-state index in [1.807, 2.05) is 48.5 Å². The van der Waals surface area contributed by atoms with Crippen LogP contribution in [0, 0.1) is 0 Å². The summed E-state index contributed by atoms with van der Waals surface area (Å²) in [4.78, 5) is 10.9. The van der Waals surface area contributed by atoms with Gasteiger partial charge in [0.05, 0.1) is 31.6 Å². The first-order chi connectivity index (χ1) is 18.4. The lowest BCUT2D eigenvalue weighted by atomic mass is 10.0. The predicted molar refractivity (Wildman–Crippen MR) is 151 cm³/mol. The van der Waals surface area contributed by atoms with E-state index in [1.165, 1.54) is 7.11 Å². The van der Waals surface area contributed by atoms with Gasteiger partial charge in [-0.05, 0) is 48.0 Å². The minimum Gasteiger partial charge on any atom is -0.480 e. The summed E-state index contributed by atoms with van der Waals surface area (Å²) >= 11 is 6.15. The summed E-state index contributed by atoms with van der Waals surface area (Å²) < 4.78 is 39.1. The first-order valence-electron chi connectivity index (χ1n) is 12.2. The zero-order chi connectivity index (χ0) is 26.5. The second-order valence-corrected chi connectivity index (χ2v) is 11.2. The number of fused-ring (bicyclic) bond motifs is 1. The highest BCUT2D eigenvalue weighted by molar-refractivity contribution is 7.92. The van der Waals surface area contributed by atoms with Crippen molar-refractivity contribution >= 4 is 49.6 Å². The van der Waals surface area contributed by atoms with Crippen molar-refractivity contribution in [3.05, 3.63) is 72.0 Å². The normalized spacial score (nSPS) is 14.4. The summed E-state index contributed by atoms with van der Waals surface area (Å²) in [6.45, 7) is 3.10. The van der Waals surface area contributed by atoms with E-state index in [1.54, 1.807) is 18.5 Å². The van der Waals surface area contributed by atoms with Gasteiger partial charge in [-0.2, -0.15) is 0 Å². The maximum atomic E-state index is 12.9. The van der Waals surface area contributed by atoms with Gasteiger partial charge in [0, 0.05) is 59.4 Å². The molecule has 3 heterocycles. The Morgan fingerprint density at radius 2 is 1.87 bits per heavy atom. The molecular formula is C27H28ClN5O4S. The Bertz CT molecular complexity index is 1540. The standard InChI is InChI=1S/C27H28ClN5O4S/c1-36-27-26(32-38(34,35)14-11-33-9-12-37-13-10-33)16-20(18-30-27)19-5-6-24-23(15-19)25(7-8-29-24)31-22-4-2-3-21(28)17-22/h2-8,15-18,32H,9-14H2,1H3,(H,29,31). The van der Waals surface area contributed by atoms with Gasteiger partial charge in [0.2, 0.25) is 15.9 Å². The molecule has 0 bridgehead atoms. The molecule has 9 nitrogen and oxygen atoms in total. The van der Waals surface area contributed by atoms with Gasteiger partial charge in [0.25, 0.3) is 0 Å². The van der Waals surface area contributed by atoms with Gasteiger partial charge >= 0.3 is 0 Å². The zero-order valence-electron chi connectivity index (χ0n) is 20.9. The predicted octanol–water partition coefficient (Wildman–Crippen LogP) is 4.78. The summed E-state index contributed by atoms with van der Waals surface area (Å²) in [5.41, 5.74) is 4.40. The van der Waals surface area contributed by atoms with E-state index in [0.717, 1.165) is 46.5 Å². The first kappa shape index (κ1) is 26.2. The second kappa shape index (κ2) is 11.5. The van der Waals surface area contributed by atoms with Crippen molar-refractivity contribution < 1.29 is 17.9 Å². The molecular weight excluding hydrogens is 526 g/mol. The van der Waals surface area contributed by atoms with Crippen LogP contribution >= 0.6 is 11.6 Å². The highest BCUT2D eigenvalue weighted by Crippen LogP contribution is 2.33. The van der Waals surface area contributed by atoms with Crippen LogP contribution in [0.5, 0.6) is 5.88 Å². The molecule has 2 aromatic heterocycles. The van der Waals surface area contributed by atoms with Crippen LogP contribution in [0.25, 0.3) is 22.0 Å². The molecule has 1 aliphatic heterocycles. The Kier molecular flexibility index (Phi) is 7.94. The number of halogens is 1. The average molecular weight is 554 g/mol. The number of methoxy groups -OCH3 is 1. The van der Waals surface area contributed by atoms with E-state index in [-0.39, 0.29) is 17.3 Å². The van der Waals surface area contributed by atoms with Gasteiger partial charge < -0.3 is 14.8 Å². The van der Waals surface area contributed by atoms with Crippen LogP contribution in [0.4, 0.5) is 17.1 Å². The highest BCUT2D eigenvalue weighted by Gasteiger charge is 2.19. The Morgan fingerprint density at radius 3 is 2.66 bits per heavy atom. The summed E-state index contributed by atoms with van der Waals surface area (Å²) in [6.07, 6.45) is 3.40. The van der Waals surface area contributed by atoms with Crippen molar-refractivity contribution in [2.75, 3.05) is 55.7 Å². The number of benzene rings is 2. The molecule has 0 atom stereocenters. The third kappa shape index (κ3) is 6.33. The molecule has 0 spiro atoms. The van der Waals surface area contributed by atoms with E-state index < -0.39 is 10.0 Å². The molecule has 4 aromatic rings. The lowest BCUT2D eigenvalue weighted by Gasteiger charge is -2.26. The number of hydrogen-bond donors (Lipinski definition) is 2. The SMILES string of the molecule is COc1ncc(-c2ccc3nccc(Nc4cccc(Cl)c4)c3c2)cc1NS(=O)(=O)CCN1CCOCC1. The average Bonchev–Trinajstić information content (AvgIpc) is 2.92. The molecule has 0 radical (unpaired) electrons. The molecule has 0 saturated carbocycles. The van der Waals surface area contributed by atoms with Gasteiger partial charge in [-0.1, -0.05) is 23.7 Å². The summed E-state index contributed by atoms with van der Waals surface area (Å²) in [5.74, 6) is 0.162. The summed E-state index contributed by atoms with van der Waals surface area (Å²) in [7, 11) is -2.17. The van der Waals surface area contributed by atoms with Crippen molar-refractivity contribution in [3.8, 4) is 17.0 Å². The number of aromatic nitrogens is 2. The van der Waals surface area contributed by atoms with E-state index in [0.29, 0.717) is 24.8 Å². The lowest BCUT2D eigenvalue weighted by molar-refractivity contribution is 0.0408. The largest absolute Gasteiger partial charge is 0.480 e. The van der Waals surface area contributed by atoms with Crippen molar-refractivity contribution in [1.82, 2.24) is 14.9 Å². The summed E-state index contributed by atoms with van der Waals surface area (Å²) in [6, 6.07) is 17.0. The molecule has 1 aliphatic rings. The number of rotatable bonds is 9. The molecule has 0 unspecified atom stereocenters. The molecule has 198 valence electrons. The van der Waals surface area contributed by atoms with E-state index in [2.05, 4.69) is 24.9 Å². The molecule has 11 heteroatoms. The van der Waals surface area contributed by atoms with Crippen molar-refractivity contribution in [2.24, 2.45) is 0 Å². The lowest BCUT2D eigenvalue weighted by Crippen LogP contribution is -2.39. The van der Waals surface area contributed by atoms with Crippen LogP contribution in [0.15, 0.2) is 67.0 Å². The fraction of sp³-hybridized carbons (Fsp3) is 0.259. The maximum Gasteiger partial charge on any atom is 0.238 e. The van der Waals surface area contributed by atoms with E-state index in [4.69, 9.17) is 21.1 Å². The van der Waals surface area contributed by atoms with Gasteiger partial charge in [-0.25, -0.2) is 13.4 Å². The number of nitrogens with one attached hydrogen (secondary N) is 2. The number of hydrogen-bond acceptors (Lipinski definition) is 8. The number of sulfonamides is 1. The number of nitrogens with zero attached hydrogens (tertiary/aromatic N) is 3. The fourth-order valence-corrected chi connectivity index (χ4v) is 5.57. The molecule has 2 N–H and O–H groups in total. The van der Waals surface area contributed by atoms with Crippen molar-refractivity contribution in [1.29, 1.82) is 0 Å². The van der Waals surface area contributed by atoms with Crippen LogP contribution < -0.4 is 14.8 Å². The molecule has 1 fully saturated rings. The first-order valence-corrected chi connectivity index (χ1v) is 14.2. The molecule has 1 saturated heterocycles. The maximum absolute atomic E-state index is 12.9. The molecule has 2 aromatic carbocycles. The number of ether oxygens (including phenoxy) is 2. The zero-order valence-corrected chi connectivity index (χ0v) is 22.4. The number of morpholine rings is 1. The number of pyridine rings is 2. The summed E-state index contributed by atoms with van der Waals surface area (Å²) in [5, 5.41) is 4.94. The molecule has 38 heavy (non-hydrogen) atoms.